The summed E-state index contributed by atoms with van der Waals surface area (Å²) in [5, 5.41) is 0.0487. The lowest BCUT2D eigenvalue weighted by molar-refractivity contribution is 0.0610. The molecule has 1 aromatic heterocycles. The molecule has 39 heavy (non-hydrogen) atoms. The molecule has 0 spiro atoms. The molecule has 2 heterocycles. The molecule has 0 saturated carbocycles. The quantitative estimate of drug-likeness (QED) is 0.281. The number of benzene rings is 2. The smallest absolute Gasteiger partial charge is 0.410 e. The van der Waals surface area contributed by atoms with Gasteiger partial charge in [0.2, 0.25) is 0 Å². The minimum absolute atomic E-state index is 0.0487. The molecular weight excluding hydrogens is 513 g/mol. The zero-order valence-corrected chi connectivity index (χ0v) is 24.4. The van der Waals surface area contributed by atoms with E-state index in [0.29, 0.717) is 42.6 Å². The van der Waals surface area contributed by atoms with Crippen LogP contribution in [0.1, 0.15) is 44.7 Å². The fourth-order valence-corrected chi connectivity index (χ4v) is 4.97. The van der Waals surface area contributed by atoms with E-state index in [4.69, 9.17) is 13.9 Å². The molecule has 1 amide bonds. The van der Waals surface area contributed by atoms with Crippen molar-refractivity contribution in [1.29, 1.82) is 0 Å². The number of hydrogen-bond donors (Lipinski definition) is 0. The fraction of sp³-hybridized carbons (Fsp3) is 0.433. The number of halogens is 1. The number of piperidine rings is 1. The van der Waals surface area contributed by atoms with Gasteiger partial charge in [-0.1, -0.05) is 69.3 Å². The Morgan fingerprint density at radius 3 is 2.31 bits per heavy atom. The Morgan fingerprint density at radius 1 is 1.00 bits per heavy atom. The van der Waals surface area contributed by atoms with Gasteiger partial charge in [-0.25, -0.2) is 19.2 Å². The van der Waals surface area contributed by atoms with Gasteiger partial charge in [0.1, 0.15) is 18.5 Å². The van der Waals surface area contributed by atoms with Gasteiger partial charge in [-0.3, -0.25) is 0 Å². The van der Waals surface area contributed by atoms with Gasteiger partial charge >= 0.3 is 12.1 Å². The van der Waals surface area contributed by atoms with E-state index >= 15 is 4.39 Å². The Balaban J connectivity index is 1.29. The summed E-state index contributed by atoms with van der Waals surface area (Å²) in [7, 11) is -2.00. The van der Waals surface area contributed by atoms with Crippen LogP contribution >= 0.6 is 0 Å². The standard InChI is InChI=1S/C30H38FN3O4Si/c1-30(2,3)39(4,5)37-21-23-12-9-13-26(27(23)31)24-18-32-28(33-19-24)38-25-14-16-34(17-15-25)29(35)36-20-22-10-7-6-8-11-22/h6-13,18-19,25H,14-17,20-21H2,1-5H3. The number of aromatic nitrogens is 2. The van der Waals surface area contributed by atoms with Crippen molar-refractivity contribution < 1.29 is 23.1 Å². The molecule has 0 N–H and O–H groups in total. The number of hydrogen-bond acceptors (Lipinski definition) is 6. The van der Waals surface area contributed by atoms with E-state index in [1.165, 1.54) is 0 Å². The zero-order valence-electron chi connectivity index (χ0n) is 23.4. The van der Waals surface area contributed by atoms with Crippen LogP contribution in [0.5, 0.6) is 6.01 Å². The molecule has 0 bridgehead atoms. The Kier molecular flexibility index (Phi) is 9.02. The Bertz CT molecular complexity index is 1240. The molecule has 1 aliphatic rings. The maximum Gasteiger partial charge on any atom is 0.410 e. The lowest BCUT2D eigenvalue weighted by Gasteiger charge is -2.36. The van der Waals surface area contributed by atoms with E-state index in [0.717, 1.165) is 5.56 Å². The highest BCUT2D eigenvalue weighted by molar-refractivity contribution is 6.74. The van der Waals surface area contributed by atoms with Crippen molar-refractivity contribution in [2.24, 2.45) is 0 Å². The number of likely N-dealkylation sites (tertiary alicyclic amines) is 1. The van der Waals surface area contributed by atoms with Gasteiger partial charge in [-0.05, 0) is 23.7 Å². The summed E-state index contributed by atoms with van der Waals surface area (Å²) < 4.78 is 33.0. The summed E-state index contributed by atoms with van der Waals surface area (Å²) in [6.07, 6.45) is 4.02. The number of ether oxygens (including phenoxy) is 2. The highest BCUT2D eigenvalue weighted by Gasteiger charge is 2.37. The monoisotopic (exact) mass is 551 g/mol. The van der Waals surface area contributed by atoms with Gasteiger partial charge in [0.15, 0.2) is 8.32 Å². The van der Waals surface area contributed by atoms with Gasteiger partial charge in [-0.2, -0.15) is 0 Å². The maximum absolute atomic E-state index is 15.4. The lowest BCUT2D eigenvalue weighted by atomic mass is 10.1. The lowest BCUT2D eigenvalue weighted by Crippen LogP contribution is -2.42. The summed E-state index contributed by atoms with van der Waals surface area (Å²) in [4.78, 5) is 22.7. The van der Waals surface area contributed by atoms with Crippen LogP contribution < -0.4 is 4.74 Å². The van der Waals surface area contributed by atoms with Crippen LogP contribution in [-0.2, 0) is 22.4 Å². The highest BCUT2D eigenvalue weighted by Crippen LogP contribution is 2.37. The van der Waals surface area contributed by atoms with Crippen LogP contribution in [0.4, 0.5) is 9.18 Å². The third-order valence-electron chi connectivity index (χ3n) is 7.59. The molecule has 208 valence electrons. The van der Waals surface area contributed by atoms with Gasteiger partial charge < -0.3 is 18.8 Å². The highest BCUT2D eigenvalue weighted by atomic mass is 28.4. The normalized spacial score (nSPS) is 14.8. The van der Waals surface area contributed by atoms with Crippen LogP contribution in [0.2, 0.25) is 18.1 Å². The van der Waals surface area contributed by atoms with Crippen LogP contribution in [0.25, 0.3) is 11.1 Å². The molecule has 0 atom stereocenters. The van der Waals surface area contributed by atoms with Crippen LogP contribution in [0.15, 0.2) is 60.9 Å². The minimum atomic E-state index is -2.00. The molecule has 2 aromatic carbocycles. The summed E-state index contributed by atoms with van der Waals surface area (Å²) in [6, 6.07) is 15.2. The fourth-order valence-electron chi connectivity index (χ4n) is 4.02. The zero-order chi connectivity index (χ0) is 28.0. The first-order chi connectivity index (χ1) is 18.5. The molecular formula is C30H38FN3O4Si. The van der Waals surface area contributed by atoms with Crippen LogP contribution in [0.3, 0.4) is 0 Å². The van der Waals surface area contributed by atoms with E-state index in [2.05, 4.69) is 43.8 Å². The molecule has 0 aliphatic carbocycles. The van der Waals surface area contributed by atoms with Crippen molar-refractivity contribution in [2.75, 3.05) is 13.1 Å². The molecule has 1 saturated heterocycles. The summed E-state index contributed by atoms with van der Waals surface area (Å²) in [6.45, 7) is 12.4. The van der Waals surface area contributed by atoms with E-state index < -0.39 is 8.32 Å². The first-order valence-corrected chi connectivity index (χ1v) is 16.3. The Morgan fingerprint density at radius 2 is 1.67 bits per heavy atom. The third-order valence-corrected chi connectivity index (χ3v) is 12.1. The minimum Gasteiger partial charge on any atom is -0.460 e. The van der Waals surface area contributed by atoms with Gasteiger partial charge in [0.05, 0.1) is 6.61 Å². The van der Waals surface area contributed by atoms with Gasteiger partial charge in [0.25, 0.3) is 0 Å². The number of amides is 1. The van der Waals surface area contributed by atoms with Crippen molar-refractivity contribution in [3.05, 3.63) is 77.9 Å². The second-order valence-corrected chi connectivity index (χ2v) is 16.2. The first kappa shape index (κ1) is 28.7. The molecule has 3 aromatic rings. The topological polar surface area (TPSA) is 73.8 Å². The summed E-state index contributed by atoms with van der Waals surface area (Å²) in [5.41, 5.74) is 2.48. The van der Waals surface area contributed by atoms with Gasteiger partial charge in [0, 0.05) is 55.0 Å². The summed E-state index contributed by atoms with van der Waals surface area (Å²) in [5.74, 6) is -0.319. The van der Waals surface area contributed by atoms with Crippen LogP contribution in [-0.4, -0.2) is 48.5 Å². The number of carbonyl (C=O) groups excluding carboxylic acids is 1. The molecule has 9 heteroatoms. The Labute approximate surface area is 231 Å². The molecule has 4 rings (SSSR count). The van der Waals surface area contributed by atoms with Crippen molar-refractivity contribution in [3.8, 4) is 17.1 Å². The molecule has 0 unspecified atom stereocenters. The largest absolute Gasteiger partial charge is 0.460 e. The average molecular weight is 552 g/mol. The average Bonchev–Trinajstić information content (AvgIpc) is 2.92. The first-order valence-electron chi connectivity index (χ1n) is 13.4. The second-order valence-electron chi connectivity index (χ2n) is 11.4. The second kappa shape index (κ2) is 12.3. The van der Waals surface area contributed by atoms with Crippen LogP contribution in [0, 0.1) is 5.82 Å². The van der Waals surface area contributed by atoms with Crippen molar-refractivity contribution >= 4 is 14.4 Å². The SMILES string of the molecule is CC(C)(C)[Si](C)(C)OCc1cccc(-c2cnc(OC3CCN(C(=O)OCc4ccccc4)CC3)nc2)c1F. The van der Waals surface area contributed by atoms with E-state index in [9.17, 15) is 4.79 Å². The number of nitrogens with zero attached hydrogens (tertiary/aromatic N) is 3. The number of carbonyl (C=O) groups is 1. The van der Waals surface area contributed by atoms with Gasteiger partial charge in [-0.15, -0.1) is 0 Å². The van der Waals surface area contributed by atoms with E-state index in [-0.39, 0.29) is 42.3 Å². The van der Waals surface area contributed by atoms with E-state index in [1.54, 1.807) is 29.4 Å². The predicted molar refractivity (Wildman–Crippen MR) is 151 cm³/mol. The molecule has 1 aliphatic heterocycles. The third kappa shape index (κ3) is 7.42. The Hall–Kier alpha value is -3.30. The molecule has 7 nitrogen and oxygen atoms in total. The summed E-state index contributed by atoms with van der Waals surface area (Å²) >= 11 is 0. The van der Waals surface area contributed by atoms with Crippen molar-refractivity contribution in [1.82, 2.24) is 14.9 Å². The number of rotatable bonds is 8. The van der Waals surface area contributed by atoms with Crippen molar-refractivity contribution in [3.63, 3.8) is 0 Å². The van der Waals surface area contributed by atoms with E-state index in [1.807, 2.05) is 36.4 Å². The predicted octanol–water partition coefficient (Wildman–Crippen LogP) is 6.98. The van der Waals surface area contributed by atoms with Crippen molar-refractivity contribution in [2.45, 2.75) is 71.1 Å². The molecule has 0 radical (unpaired) electrons. The maximum atomic E-state index is 15.4. The molecule has 1 fully saturated rings.